The smallest absolute Gasteiger partial charge is 0.255 e. The quantitative estimate of drug-likeness (QED) is 0.855. The Morgan fingerprint density at radius 1 is 1.12 bits per heavy atom. The fourth-order valence-electron chi connectivity index (χ4n) is 2.86. The van der Waals surface area contributed by atoms with Crippen molar-refractivity contribution in [3.63, 3.8) is 0 Å². The van der Waals surface area contributed by atoms with E-state index < -0.39 is 0 Å². The van der Waals surface area contributed by atoms with E-state index in [0.29, 0.717) is 17.2 Å². The highest BCUT2D eigenvalue weighted by atomic mass is 19.1. The van der Waals surface area contributed by atoms with Crippen molar-refractivity contribution in [2.45, 2.75) is 13.3 Å². The molecule has 3 rings (SSSR count). The van der Waals surface area contributed by atoms with Crippen molar-refractivity contribution < 1.29 is 13.9 Å². The zero-order valence-corrected chi connectivity index (χ0v) is 14.3. The molecule has 0 spiro atoms. The molecule has 1 amide bonds. The average Bonchev–Trinajstić information content (AvgIpc) is 2.89. The largest absolute Gasteiger partial charge is 0.439 e. The Balaban J connectivity index is 1.63. The van der Waals surface area contributed by atoms with Gasteiger partial charge in [0.05, 0.1) is 5.56 Å². The number of carbonyl (C=O) groups excluding carboxylic acids is 1. The lowest BCUT2D eigenvalue weighted by molar-refractivity contribution is 0.0761. The molecule has 1 aliphatic rings. The van der Waals surface area contributed by atoms with Crippen LogP contribution in [-0.4, -0.2) is 53.4 Å². The normalized spacial score (nSPS) is 15.7. The molecule has 2 heterocycles. The number of halogens is 1. The summed E-state index contributed by atoms with van der Waals surface area (Å²) in [4.78, 5) is 21.1. The maximum absolute atomic E-state index is 12.9. The summed E-state index contributed by atoms with van der Waals surface area (Å²) < 4.78 is 18.5. The van der Waals surface area contributed by atoms with Crippen molar-refractivity contribution in [2.75, 3.05) is 32.7 Å². The highest BCUT2D eigenvalue weighted by Crippen LogP contribution is 2.20. The summed E-state index contributed by atoms with van der Waals surface area (Å²) in [6.45, 7) is 6.59. The minimum absolute atomic E-state index is 0.00112. The molecule has 1 saturated heterocycles. The van der Waals surface area contributed by atoms with Crippen molar-refractivity contribution >= 4 is 5.91 Å². The van der Waals surface area contributed by atoms with Gasteiger partial charge in [-0.25, -0.2) is 9.37 Å². The van der Waals surface area contributed by atoms with Gasteiger partial charge in [-0.15, -0.1) is 0 Å². The first-order chi connectivity index (χ1) is 12.2. The third kappa shape index (κ3) is 4.54. The standard InChI is InChI=1S/C19H22FN3O2/c1-2-22-10-3-11-23(13-12-22)19(24)15-4-9-18(21-14-15)25-17-7-5-16(20)6-8-17/h4-9,14H,2-3,10-13H2,1H3. The third-order valence-corrected chi connectivity index (χ3v) is 4.34. The van der Waals surface area contributed by atoms with E-state index in [1.807, 2.05) is 4.90 Å². The molecule has 0 atom stereocenters. The Bertz CT molecular complexity index is 704. The van der Waals surface area contributed by atoms with Crippen molar-refractivity contribution in [3.8, 4) is 11.6 Å². The minimum Gasteiger partial charge on any atom is -0.439 e. The maximum atomic E-state index is 12.9. The molecule has 0 saturated carbocycles. The van der Waals surface area contributed by atoms with Crippen LogP contribution in [0.2, 0.25) is 0 Å². The Hall–Kier alpha value is -2.47. The zero-order chi connectivity index (χ0) is 17.6. The number of rotatable bonds is 4. The van der Waals surface area contributed by atoms with E-state index in [9.17, 15) is 9.18 Å². The molecule has 1 aromatic heterocycles. The first-order valence-electron chi connectivity index (χ1n) is 8.57. The molecule has 1 aromatic carbocycles. The van der Waals surface area contributed by atoms with Gasteiger partial charge in [0.1, 0.15) is 11.6 Å². The summed E-state index contributed by atoms with van der Waals surface area (Å²) in [5.41, 5.74) is 0.552. The monoisotopic (exact) mass is 343 g/mol. The van der Waals surface area contributed by atoms with Crippen molar-refractivity contribution in [1.82, 2.24) is 14.8 Å². The summed E-state index contributed by atoms with van der Waals surface area (Å²) in [6.07, 6.45) is 2.52. The molecule has 2 aromatic rings. The molecular weight excluding hydrogens is 321 g/mol. The summed E-state index contributed by atoms with van der Waals surface area (Å²) in [7, 11) is 0. The van der Waals surface area contributed by atoms with Crippen LogP contribution in [0.5, 0.6) is 11.6 Å². The summed E-state index contributed by atoms with van der Waals surface area (Å²) in [6, 6.07) is 9.10. The third-order valence-electron chi connectivity index (χ3n) is 4.34. The number of likely N-dealkylation sites (N-methyl/N-ethyl adjacent to an activating group) is 1. The second-order valence-corrected chi connectivity index (χ2v) is 6.02. The van der Waals surface area contributed by atoms with E-state index >= 15 is 0 Å². The molecule has 25 heavy (non-hydrogen) atoms. The average molecular weight is 343 g/mol. The van der Waals surface area contributed by atoms with Crippen molar-refractivity contribution in [1.29, 1.82) is 0 Å². The fraction of sp³-hybridized carbons (Fsp3) is 0.368. The van der Waals surface area contributed by atoms with Gasteiger partial charge in [0.2, 0.25) is 5.88 Å². The molecule has 5 nitrogen and oxygen atoms in total. The lowest BCUT2D eigenvalue weighted by Gasteiger charge is -2.21. The van der Waals surface area contributed by atoms with E-state index in [-0.39, 0.29) is 11.7 Å². The number of ether oxygens (including phenoxy) is 1. The van der Waals surface area contributed by atoms with Gasteiger partial charge in [-0.1, -0.05) is 6.92 Å². The molecule has 0 radical (unpaired) electrons. The van der Waals surface area contributed by atoms with Gasteiger partial charge in [0.25, 0.3) is 5.91 Å². The number of amides is 1. The first kappa shape index (κ1) is 17.4. The second kappa shape index (κ2) is 8.07. The van der Waals surface area contributed by atoms with Gasteiger partial charge >= 0.3 is 0 Å². The topological polar surface area (TPSA) is 45.7 Å². The van der Waals surface area contributed by atoms with Crippen LogP contribution in [-0.2, 0) is 0 Å². The lowest BCUT2D eigenvalue weighted by atomic mass is 10.2. The van der Waals surface area contributed by atoms with E-state index in [1.54, 1.807) is 12.1 Å². The molecule has 6 heteroatoms. The minimum atomic E-state index is -0.319. The Kier molecular flexibility index (Phi) is 5.60. The van der Waals surface area contributed by atoms with Gasteiger partial charge in [-0.05, 0) is 49.8 Å². The van der Waals surface area contributed by atoms with Crippen LogP contribution in [0.1, 0.15) is 23.7 Å². The molecule has 0 bridgehead atoms. The number of aromatic nitrogens is 1. The SMILES string of the molecule is CCN1CCCN(C(=O)c2ccc(Oc3ccc(F)cc3)nc2)CC1. The van der Waals surface area contributed by atoms with E-state index in [4.69, 9.17) is 4.74 Å². The van der Waals surface area contributed by atoms with Gasteiger partial charge in [0, 0.05) is 31.9 Å². The second-order valence-electron chi connectivity index (χ2n) is 6.02. The van der Waals surface area contributed by atoms with Crippen LogP contribution in [0.3, 0.4) is 0 Å². The summed E-state index contributed by atoms with van der Waals surface area (Å²) >= 11 is 0. The molecule has 0 unspecified atom stereocenters. The number of hydrogen-bond acceptors (Lipinski definition) is 4. The number of pyridine rings is 1. The van der Waals surface area contributed by atoms with Gasteiger partial charge in [0.15, 0.2) is 0 Å². The molecule has 0 aliphatic carbocycles. The van der Waals surface area contributed by atoms with E-state index in [2.05, 4.69) is 16.8 Å². The van der Waals surface area contributed by atoms with E-state index in [0.717, 1.165) is 39.1 Å². The highest BCUT2D eigenvalue weighted by molar-refractivity contribution is 5.94. The van der Waals surface area contributed by atoms with Crippen LogP contribution in [0.25, 0.3) is 0 Å². The van der Waals surface area contributed by atoms with Crippen LogP contribution >= 0.6 is 0 Å². The zero-order valence-electron chi connectivity index (χ0n) is 14.3. The van der Waals surface area contributed by atoms with Crippen LogP contribution in [0.4, 0.5) is 4.39 Å². The number of nitrogens with zero attached hydrogens (tertiary/aromatic N) is 3. The first-order valence-corrected chi connectivity index (χ1v) is 8.57. The van der Waals surface area contributed by atoms with Crippen LogP contribution in [0.15, 0.2) is 42.6 Å². The van der Waals surface area contributed by atoms with Gasteiger partial charge in [-0.3, -0.25) is 4.79 Å². The number of carbonyl (C=O) groups is 1. The van der Waals surface area contributed by atoms with E-state index in [1.165, 1.54) is 30.5 Å². The molecule has 0 N–H and O–H groups in total. The van der Waals surface area contributed by atoms with Crippen molar-refractivity contribution in [2.24, 2.45) is 0 Å². The molecule has 1 fully saturated rings. The Morgan fingerprint density at radius 3 is 2.60 bits per heavy atom. The lowest BCUT2D eigenvalue weighted by Crippen LogP contribution is -2.35. The predicted octanol–water partition coefficient (Wildman–Crippen LogP) is 3.18. The van der Waals surface area contributed by atoms with Crippen molar-refractivity contribution in [3.05, 3.63) is 54.0 Å². The molecule has 1 aliphatic heterocycles. The molecule has 132 valence electrons. The predicted molar refractivity (Wildman–Crippen MR) is 93.3 cm³/mol. The highest BCUT2D eigenvalue weighted by Gasteiger charge is 2.20. The molecular formula is C19H22FN3O2. The van der Waals surface area contributed by atoms with Gasteiger partial charge in [-0.2, -0.15) is 0 Å². The fourth-order valence-corrected chi connectivity index (χ4v) is 2.86. The van der Waals surface area contributed by atoms with Gasteiger partial charge < -0.3 is 14.5 Å². The van der Waals surface area contributed by atoms with Crippen LogP contribution < -0.4 is 4.74 Å². The Morgan fingerprint density at radius 2 is 1.92 bits per heavy atom. The number of benzene rings is 1. The number of hydrogen-bond donors (Lipinski definition) is 0. The summed E-state index contributed by atoms with van der Waals surface area (Å²) in [5.74, 6) is 0.551. The maximum Gasteiger partial charge on any atom is 0.255 e. The summed E-state index contributed by atoms with van der Waals surface area (Å²) in [5, 5.41) is 0. The Labute approximate surface area is 147 Å². The van der Waals surface area contributed by atoms with Crippen LogP contribution in [0, 0.1) is 5.82 Å².